The first-order chi connectivity index (χ1) is 16.4. The Kier molecular flexibility index (Phi) is 7.57. The van der Waals surface area contributed by atoms with Crippen LogP contribution in [0.15, 0.2) is 46.0 Å². The van der Waals surface area contributed by atoms with Crippen LogP contribution in [0.1, 0.15) is 23.5 Å². The van der Waals surface area contributed by atoms with E-state index in [1.165, 1.54) is 23.5 Å². The first-order valence-electron chi connectivity index (χ1n) is 10.5. The predicted octanol–water partition coefficient (Wildman–Crippen LogP) is 2.63. The lowest BCUT2D eigenvalue weighted by Crippen LogP contribution is -2.52. The molecular formula is C22H22ClFN4O5S. The Morgan fingerprint density at radius 1 is 1.44 bits per heavy atom. The van der Waals surface area contributed by atoms with Crippen molar-refractivity contribution in [2.24, 2.45) is 4.99 Å². The van der Waals surface area contributed by atoms with E-state index in [0.29, 0.717) is 29.7 Å². The molecule has 1 saturated heterocycles. The smallest absolute Gasteiger partial charge is 0.338 e. The number of carboxylic acids is 1. The minimum absolute atomic E-state index is 0.0139. The van der Waals surface area contributed by atoms with Crippen LogP contribution >= 0.6 is 22.9 Å². The SMILES string of the molecule is CCOC(=O)C1=C(CN2CCOCC2C(=O)O)NC(c2nccs2)=NC1c1ccc(Cl)cc1F. The van der Waals surface area contributed by atoms with Crippen LogP contribution in [0.3, 0.4) is 0 Å². The van der Waals surface area contributed by atoms with Crippen LogP contribution in [0.2, 0.25) is 5.02 Å². The van der Waals surface area contributed by atoms with Crippen LogP contribution in [0.25, 0.3) is 0 Å². The van der Waals surface area contributed by atoms with Crippen molar-refractivity contribution in [1.82, 2.24) is 15.2 Å². The van der Waals surface area contributed by atoms with E-state index in [0.717, 1.165) is 6.07 Å². The lowest BCUT2D eigenvalue weighted by molar-refractivity contribution is -0.149. The maximum Gasteiger partial charge on any atom is 0.338 e. The summed E-state index contributed by atoms with van der Waals surface area (Å²) < 4.78 is 25.6. The average molecular weight is 509 g/mol. The van der Waals surface area contributed by atoms with E-state index in [2.05, 4.69) is 15.3 Å². The van der Waals surface area contributed by atoms with E-state index >= 15 is 4.39 Å². The molecule has 1 fully saturated rings. The minimum Gasteiger partial charge on any atom is -0.480 e. The molecule has 3 heterocycles. The van der Waals surface area contributed by atoms with Crippen LogP contribution in [-0.4, -0.2) is 71.7 Å². The molecule has 12 heteroatoms. The third kappa shape index (κ3) is 5.12. The van der Waals surface area contributed by atoms with Crippen molar-refractivity contribution in [2.75, 3.05) is 32.9 Å². The Morgan fingerprint density at radius 3 is 2.94 bits per heavy atom. The van der Waals surface area contributed by atoms with Gasteiger partial charge in [0.15, 0.2) is 10.8 Å². The Labute approximate surface area is 203 Å². The van der Waals surface area contributed by atoms with E-state index < -0.39 is 29.8 Å². The summed E-state index contributed by atoms with van der Waals surface area (Å²) in [6, 6.07) is 2.20. The van der Waals surface area contributed by atoms with E-state index in [9.17, 15) is 14.7 Å². The zero-order chi connectivity index (χ0) is 24.2. The second kappa shape index (κ2) is 10.6. The van der Waals surface area contributed by atoms with E-state index in [-0.39, 0.29) is 35.9 Å². The number of benzene rings is 1. The number of carbonyl (C=O) groups excluding carboxylic acids is 1. The number of aliphatic imine (C=N–C) groups is 1. The van der Waals surface area contributed by atoms with Crippen LogP contribution < -0.4 is 5.32 Å². The van der Waals surface area contributed by atoms with Gasteiger partial charge < -0.3 is 19.9 Å². The highest BCUT2D eigenvalue weighted by atomic mass is 35.5. The number of carbonyl (C=O) groups is 2. The standard InChI is InChI=1S/C22H22ClFN4O5S/c1-2-33-22(31)17-15(10-28-6-7-32-11-16(28)21(29)30)26-19(20-25-5-8-34-20)27-18(17)13-4-3-12(23)9-14(13)24/h3-5,8-9,16,18H,2,6-7,10-11H2,1H3,(H,26,27)(H,29,30). The average Bonchev–Trinajstić information content (AvgIpc) is 3.34. The van der Waals surface area contributed by atoms with Gasteiger partial charge in [-0.15, -0.1) is 11.3 Å². The van der Waals surface area contributed by atoms with Crippen molar-refractivity contribution in [3.05, 3.63) is 62.5 Å². The minimum atomic E-state index is -1.05. The van der Waals surface area contributed by atoms with Gasteiger partial charge in [-0.05, 0) is 19.1 Å². The number of aliphatic carboxylic acids is 1. The molecule has 1 aromatic heterocycles. The van der Waals surface area contributed by atoms with Gasteiger partial charge in [0.25, 0.3) is 0 Å². The van der Waals surface area contributed by atoms with Gasteiger partial charge in [-0.2, -0.15) is 0 Å². The molecule has 9 nitrogen and oxygen atoms in total. The summed E-state index contributed by atoms with van der Waals surface area (Å²) in [5.41, 5.74) is 0.599. The van der Waals surface area contributed by atoms with Crippen molar-refractivity contribution in [2.45, 2.75) is 19.0 Å². The lowest BCUT2D eigenvalue weighted by atomic mass is 9.94. The molecule has 0 amide bonds. The Morgan fingerprint density at radius 2 is 2.26 bits per heavy atom. The summed E-state index contributed by atoms with van der Waals surface area (Å²) in [5, 5.41) is 15.3. The molecule has 1 aromatic carbocycles. The molecule has 2 N–H and O–H groups in total. The predicted molar refractivity (Wildman–Crippen MR) is 123 cm³/mol. The molecule has 4 rings (SSSR count). The molecule has 0 saturated carbocycles. The Bertz CT molecular complexity index is 1140. The second-order valence-electron chi connectivity index (χ2n) is 7.52. The number of ether oxygens (including phenoxy) is 2. The summed E-state index contributed by atoms with van der Waals surface area (Å²) >= 11 is 7.26. The van der Waals surface area contributed by atoms with Gasteiger partial charge in [-0.3, -0.25) is 14.7 Å². The molecule has 0 aliphatic carbocycles. The number of nitrogens with zero attached hydrogens (tertiary/aromatic N) is 3. The van der Waals surface area contributed by atoms with Gasteiger partial charge in [0, 0.05) is 40.9 Å². The van der Waals surface area contributed by atoms with Crippen molar-refractivity contribution >= 4 is 40.7 Å². The highest BCUT2D eigenvalue weighted by Crippen LogP contribution is 2.35. The molecule has 2 aromatic rings. The molecule has 0 spiro atoms. The van der Waals surface area contributed by atoms with Crippen LogP contribution in [-0.2, 0) is 19.1 Å². The molecule has 2 aliphatic heterocycles. The number of nitrogens with one attached hydrogen (secondary N) is 1. The molecule has 0 radical (unpaired) electrons. The third-order valence-corrected chi connectivity index (χ3v) is 6.41. The number of hydrogen-bond donors (Lipinski definition) is 2. The van der Waals surface area contributed by atoms with Gasteiger partial charge in [0.05, 0.1) is 25.4 Å². The summed E-state index contributed by atoms with van der Waals surface area (Å²) in [6.07, 6.45) is 1.61. The molecule has 0 bridgehead atoms. The maximum atomic E-state index is 15.0. The monoisotopic (exact) mass is 508 g/mol. The normalized spacial score (nSPS) is 21.1. The summed E-state index contributed by atoms with van der Waals surface area (Å²) in [7, 11) is 0. The van der Waals surface area contributed by atoms with Crippen molar-refractivity contribution in [3.8, 4) is 0 Å². The number of aromatic nitrogens is 1. The van der Waals surface area contributed by atoms with Crippen molar-refractivity contribution in [1.29, 1.82) is 0 Å². The van der Waals surface area contributed by atoms with E-state index in [1.54, 1.807) is 23.4 Å². The Hall–Kier alpha value is -2.86. The fourth-order valence-electron chi connectivity index (χ4n) is 3.82. The van der Waals surface area contributed by atoms with Crippen LogP contribution in [0, 0.1) is 5.82 Å². The van der Waals surface area contributed by atoms with Gasteiger partial charge in [-0.25, -0.2) is 14.2 Å². The summed E-state index contributed by atoms with van der Waals surface area (Å²) in [4.78, 5) is 35.5. The highest BCUT2D eigenvalue weighted by molar-refractivity contribution is 7.11. The second-order valence-corrected chi connectivity index (χ2v) is 8.85. The first kappa shape index (κ1) is 24.3. The number of hydrogen-bond acceptors (Lipinski definition) is 9. The number of thiazole rings is 1. The molecule has 2 unspecified atom stereocenters. The summed E-state index contributed by atoms with van der Waals surface area (Å²) in [5.74, 6) is -2.00. The number of esters is 1. The molecule has 2 atom stereocenters. The number of rotatable bonds is 7. The van der Waals surface area contributed by atoms with Gasteiger partial charge in [0.2, 0.25) is 0 Å². The van der Waals surface area contributed by atoms with Crippen molar-refractivity contribution in [3.63, 3.8) is 0 Å². The maximum absolute atomic E-state index is 15.0. The summed E-state index contributed by atoms with van der Waals surface area (Å²) in [6.45, 7) is 2.52. The number of amidine groups is 1. The van der Waals surface area contributed by atoms with Gasteiger partial charge >= 0.3 is 11.9 Å². The largest absolute Gasteiger partial charge is 0.480 e. The molecular weight excluding hydrogens is 487 g/mol. The first-order valence-corrected chi connectivity index (χ1v) is 11.8. The zero-order valence-electron chi connectivity index (χ0n) is 18.2. The lowest BCUT2D eigenvalue weighted by Gasteiger charge is -2.35. The highest BCUT2D eigenvalue weighted by Gasteiger charge is 2.37. The van der Waals surface area contributed by atoms with Gasteiger partial charge in [-0.1, -0.05) is 17.7 Å². The zero-order valence-corrected chi connectivity index (χ0v) is 19.7. The quantitative estimate of drug-likeness (QED) is 0.549. The van der Waals surface area contributed by atoms with E-state index in [1.807, 2.05) is 0 Å². The number of carboxylic acid groups (broad SMARTS) is 1. The van der Waals surface area contributed by atoms with Crippen LogP contribution in [0.5, 0.6) is 0 Å². The molecule has 2 aliphatic rings. The molecule has 34 heavy (non-hydrogen) atoms. The fourth-order valence-corrected chi connectivity index (χ4v) is 4.57. The number of morpholine rings is 1. The Balaban J connectivity index is 1.83. The van der Waals surface area contributed by atoms with E-state index in [4.69, 9.17) is 21.1 Å². The van der Waals surface area contributed by atoms with Gasteiger partial charge in [0.1, 0.15) is 17.9 Å². The third-order valence-electron chi connectivity index (χ3n) is 5.40. The number of halogens is 2. The molecule has 180 valence electrons. The fraction of sp³-hybridized carbons (Fsp3) is 0.364. The topological polar surface area (TPSA) is 113 Å². The van der Waals surface area contributed by atoms with Crippen LogP contribution in [0.4, 0.5) is 4.39 Å². The van der Waals surface area contributed by atoms with Crippen molar-refractivity contribution < 1.29 is 28.6 Å².